The predicted octanol–water partition coefficient (Wildman–Crippen LogP) is 2.59. The fourth-order valence-electron chi connectivity index (χ4n) is 6.20. The first-order chi connectivity index (χ1) is 11.6. The summed E-state index contributed by atoms with van der Waals surface area (Å²) in [6.07, 6.45) is 9.62. The minimum Gasteiger partial charge on any atom is -0.779 e. The van der Waals surface area contributed by atoms with Gasteiger partial charge in [0.05, 0.1) is 6.10 Å². The van der Waals surface area contributed by atoms with Gasteiger partial charge in [-0.3, -0.25) is 4.79 Å². The Balaban J connectivity index is 1.62. The van der Waals surface area contributed by atoms with Crippen molar-refractivity contribution in [1.82, 2.24) is 0 Å². The second-order valence-corrected chi connectivity index (χ2v) is 10.4. The summed E-state index contributed by atoms with van der Waals surface area (Å²) < 4.78 is 17.1. The Morgan fingerprint density at radius 1 is 1.28 bits per heavy atom. The summed E-state index contributed by atoms with van der Waals surface area (Å²) in [5.74, 6) is 0.770. The first-order valence-corrected chi connectivity index (χ1v) is 11.3. The molecule has 138 valence electrons. The Hall–Kier alpha value is -0.740. The average molecular weight is 365 g/mol. The van der Waals surface area contributed by atoms with Crippen molar-refractivity contribution in [3.63, 3.8) is 0 Å². The molecule has 4 rings (SSSR count). The third-order valence-corrected chi connectivity index (χ3v) is 7.95. The number of allylic oxidation sites excluding steroid dienone is 2. The van der Waals surface area contributed by atoms with E-state index in [0.29, 0.717) is 11.8 Å². The molecule has 3 fully saturated rings. The van der Waals surface area contributed by atoms with Crippen molar-refractivity contribution in [3.05, 3.63) is 23.8 Å². The maximum absolute atomic E-state index is 11.7. The maximum Gasteiger partial charge on any atom is 0.178 e. The van der Waals surface area contributed by atoms with Crippen molar-refractivity contribution in [2.24, 2.45) is 23.2 Å². The molecule has 3 saturated carbocycles. The molecular weight excluding hydrogens is 339 g/mol. The molecule has 25 heavy (non-hydrogen) atoms. The zero-order valence-corrected chi connectivity index (χ0v) is 15.7. The second-order valence-electron chi connectivity index (χ2n) is 8.63. The lowest BCUT2D eigenvalue weighted by Gasteiger charge is -2.56. The first kappa shape index (κ1) is 17.7. The smallest absolute Gasteiger partial charge is 0.178 e. The van der Waals surface area contributed by atoms with E-state index in [4.69, 9.17) is 4.52 Å². The summed E-state index contributed by atoms with van der Waals surface area (Å²) in [7, 11) is -3.76. The van der Waals surface area contributed by atoms with Gasteiger partial charge in [-0.15, -0.1) is 0 Å². The van der Waals surface area contributed by atoms with Gasteiger partial charge in [-0.2, -0.15) is 0 Å². The highest BCUT2D eigenvalue weighted by Crippen LogP contribution is 2.64. The third kappa shape index (κ3) is 2.71. The van der Waals surface area contributed by atoms with Crippen LogP contribution in [0.15, 0.2) is 23.8 Å². The molecular formula is C19H26O5P-. The molecule has 0 aromatic heterocycles. The molecule has 4 aliphatic carbocycles. The van der Waals surface area contributed by atoms with Crippen molar-refractivity contribution in [3.8, 4) is 0 Å². The highest BCUT2D eigenvalue weighted by atomic mass is 31.2. The summed E-state index contributed by atoms with van der Waals surface area (Å²) in [5.41, 5.74) is -0.299. The number of fused-ring (bicyclic) bond motifs is 5. The van der Waals surface area contributed by atoms with Crippen LogP contribution >= 0.6 is 7.60 Å². The Morgan fingerprint density at radius 2 is 2.04 bits per heavy atom. The highest BCUT2D eigenvalue weighted by Gasteiger charge is 2.60. The summed E-state index contributed by atoms with van der Waals surface area (Å²) in [6, 6.07) is 0. The summed E-state index contributed by atoms with van der Waals surface area (Å²) in [4.78, 5) is 23.4. The molecule has 0 bridgehead atoms. The summed E-state index contributed by atoms with van der Waals surface area (Å²) in [5, 5.41) is 11.3. The lowest BCUT2D eigenvalue weighted by atomic mass is 9.51. The highest BCUT2D eigenvalue weighted by molar-refractivity contribution is 7.50. The van der Waals surface area contributed by atoms with Gasteiger partial charge in [0.1, 0.15) is 13.2 Å². The number of hydrogen-bond donors (Lipinski definition) is 1. The first-order valence-electron chi connectivity index (χ1n) is 9.27. The molecule has 0 heterocycles. The molecule has 0 saturated heterocycles. The number of carbonyl (C=O) groups is 1. The van der Waals surface area contributed by atoms with E-state index in [2.05, 4.69) is 6.92 Å². The third-order valence-electron chi connectivity index (χ3n) is 7.31. The van der Waals surface area contributed by atoms with Crippen molar-refractivity contribution in [2.75, 3.05) is 6.66 Å². The molecule has 0 aromatic rings. The molecule has 0 aliphatic heterocycles. The summed E-state index contributed by atoms with van der Waals surface area (Å²) >= 11 is 0. The van der Waals surface area contributed by atoms with Gasteiger partial charge in [0.15, 0.2) is 5.78 Å². The van der Waals surface area contributed by atoms with Gasteiger partial charge in [0.25, 0.3) is 0 Å². The fraction of sp³-hybridized carbons (Fsp3) is 0.737. The Morgan fingerprint density at radius 3 is 2.76 bits per heavy atom. The van der Waals surface area contributed by atoms with E-state index in [0.717, 1.165) is 50.8 Å². The lowest BCUT2D eigenvalue weighted by molar-refractivity contribution is -0.206. The number of rotatable bonds is 2. The van der Waals surface area contributed by atoms with Gasteiger partial charge in [-0.1, -0.05) is 6.92 Å². The van der Waals surface area contributed by atoms with Crippen molar-refractivity contribution in [1.29, 1.82) is 0 Å². The van der Waals surface area contributed by atoms with Crippen LogP contribution in [0.3, 0.4) is 0 Å². The van der Waals surface area contributed by atoms with Crippen LogP contribution in [0.5, 0.6) is 0 Å². The van der Waals surface area contributed by atoms with E-state index in [-0.39, 0.29) is 23.2 Å². The van der Waals surface area contributed by atoms with Gasteiger partial charge in [-0.05, 0) is 85.5 Å². The van der Waals surface area contributed by atoms with Gasteiger partial charge < -0.3 is 19.1 Å². The van der Waals surface area contributed by atoms with Crippen LogP contribution in [0.25, 0.3) is 0 Å². The molecule has 0 spiro atoms. The van der Waals surface area contributed by atoms with Gasteiger partial charge in [0, 0.05) is 6.66 Å². The largest absolute Gasteiger partial charge is 0.779 e. The minimum atomic E-state index is -3.76. The Bertz CT molecular complexity index is 707. The lowest BCUT2D eigenvalue weighted by Crippen LogP contribution is -2.54. The SMILES string of the molecule is C[C@]12CCC3C(CCC4=CC(=O)C=C[C@]43O)C1CCC2OP(C)(=O)[O-]. The topological polar surface area (TPSA) is 86.7 Å². The molecule has 6 heteroatoms. The minimum absolute atomic E-state index is 0.0396. The van der Waals surface area contributed by atoms with Crippen LogP contribution in [0.1, 0.15) is 45.4 Å². The maximum atomic E-state index is 11.7. The summed E-state index contributed by atoms with van der Waals surface area (Å²) in [6.45, 7) is 3.32. The number of ketones is 1. The van der Waals surface area contributed by atoms with E-state index in [1.807, 2.05) is 0 Å². The van der Waals surface area contributed by atoms with Crippen LogP contribution in [-0.4, -0.2) is 29.3 Å². The molecule has 5 unspecified atom stereocenters. The molecule has 0 radical (unpaired) electrons. The van der Waals surface area contributed by atoms with Crippen molar-refractivity contribution < 1.29 is 23.9 Å². The zero-order chi connectivity index (χ0) is 18.0. The Kier molecular flexibility index (Phi) is 3.98. The second kappa shape index (κ2) is 5.63. The van der Waals surface area contributed by atoms with E-state index in [1.165, 1.54) is 6.08 Å². The average Bonchev–Trinajstić information content (AvgIpc) is 2.83. The van der Waals surface area contributed by atoms with Crippen molar-refractivity contribution >= 4 is 13.4 Å². The van der Waals surface area contributed by atoms with E-state index in [9.17, 15) is 19.4 Å². The number of aliphatic hydroxyl groups is 1. The fourth-order valence-corrected chi connectivity index (χ4v) is 7.01. The normalized spacial score (nSPS) is 48.2. The quantitative estimate of drug-likeness (QED) is 0.760. The molecule has 0 aromatic carbocycles. The molecule has 0 amide bonds. The van der Waals surface area contributed by atoms with Crippen LogP contribution in [0, 0.1) is 23.2 Å². The Labute approximate surface area is 148 Å². The number of carbonyl (C=O) groups excluding carboxylic acids is 1. The molecule has 5 nitrogen and oxygen atoms in total. The van der Waals surface area contributed by atoms with E-state index < -0.39 is 13.2 Å². The van der Waals surface area contributed by atoms with Gasteiger partial charge in [0.2, 0.25) is 0 Å². The molecule has 4 aliphatic rings. The van der Waals surface area contributed by atoms with Crippen LogP contribution in [0.2, 0.25) is 0 Å². The standard InChI is InChI=1S/C19H27O5P/c1-18-9-8-16-14(15(18)5-6-17(18)24-25(2,22)23)4-3-12-11-13(20)7-10-19(12,16)21/h7,10-11,14-17,21H,3-6,8-9H2,1-2H3,(H,22,23)/p-1/t14?,15?,16?,17?,18-,19-/m0/s1. The van der Waals surface area contributed by atoms with Crippen LogP contribution in [0.4, 0.5) is 0 Å². The number of hydrogen-bond acceptors (Lipinski definition) is 5. The molecule has 1 N–H and O–H groups in total. The van der Waals surface area contributed by atoms with Crippen LogP contribution in [-0.2, 0) is 13.9 Å². The van der Waals surface area contributed by atoms with Crippen LogP contribution < -0.4 is 4.89 Å². The zero-order valence-electron chi connectivity index (χ0n) is 14.8. The van der Waals surface area contributed by atoms with Crippen molar-refractivity contribution in [2.45, 2.75) is 57.2 Å². The predicted molar refractivity (Wildman–Crippen MR) is 91.9 cm³/mol. The monoisotopic (exact) mass is 365 g/mol. The van der Waals surface area contributed by atoms with E-state index in [1.54, 1.807) is 12.2 Å². The van der Waals surface area contributed by atoms with Gasteiger partial charge >= 0.3 is 0 Å². The molecule has 7 atom stereocenters. The van der Waals surface area contributed by atoms with E-state index >= 15 is 0 Å². The van der Waals surface area contributed by atoms with Gasteiger partial charge in [-0.25, -0.2) is 0 Å².